The molecule has 1 aliphatic rings. The Hall–Kier alpha value is -1.78. The molecule has 1 aromatic rings. The lowest BCUT2D eigenvalue weighted by molar-refractivity contribution is 0.0665. The molecular formula is C15H20FNO3. The first-order valence-corrected chi connectivity index (χ1v) is 7.02. The van der Waals surface area contributed by atoms with Gasteiger partial charge in [0.05, 0.1) is 5.69 Å². The van der Waals surface area contributed by atoms with Crippen LogP contribution < -0.4 is 10.5 Å². The third kappa shape index (κ3) is 2.86. The van der Waals surface area contributed by atoms with Gasteiger partial charge in [0.15, 0.2) is 0 Å². The number of nitrogen functional groups attached to an aromatic ring is 1. The van der Waals surface area contributed by atoms with E-state index in [2.05, 4.69) is 6.92 Å². The maximum atomic E-state index is 13.4. The van der Waals surface area contributed by atoms with Crippen molar-refractivity contribution in [2.45, 2.75) is 45.1 Å². The molecule has 4 nitrogen and oxygen atoms in total. The van der Waals surface area contributed by atoms with Gasteiger partial charge in [-0.15, -0.1) is 0 Å². The van der Waals surface area contributed by atoms with Crippen LogP contribution >= 0.6 is 0 Å². The minimum Gasteiger partial charge on any atom is -0.489 e. The molecule has 0 bridgehead atoms. The zero-order valence-electron chi connectivity index (χ0n) is 11.6. The largest absolute Gasteiger partial charge is 0.489 e. The van der Waals surface area contributed by atoms with Gasteiger partial charge in [0.25, 0.3) is 0 Å². The normalized spacial score (nSPS) is 22.5. The first-order valence-electron chi connectivity index (χ1n) is 7.02. The molecule has 5 heteroatoms. The second-order valence-electron chi connectivity index (χ2n) is 5.25. The van der Waals surface area contributed by atoms with Crippen LogP contribution in [0.1, 0.15) is 49.4 Å². The number of anilines is 1. The van der Waals surface area contributed by atoms with Gasteiger partial charge in [0.2, 0.25) is 0 Å². The average Bonchev–Trinajstić information content (AvgIpc) is 2.43. The Labute approximate surface area is 117 Å². The van der Waals surface area contributed by atoms with Crippen molar-refractivity contribution in [2.24, 2.45) is 5.92 Å². The standard InChI is InChI=1S/C15H20FNO3/c1-2-9-5-3-4-6-11(9)20-12-8-7-10(16)14(17)13(12)15(18)19/h7-9,11H,2-6,17H2,1H3,(H,18,19). The summed E-state index contributed by atoms with van der Waals surface area (Å²) < 4.78 is 19.3. The molecule has 3 N–H and O–H groups in total. The first kappa shape index (κ1) is 14.6. The van der Waals surface area contributed by atoms with Crippen molar-refractivity contribution < 1.29 is 19.0 Å². The third-order valence-electron chi connectivity index (χ3n) is 4.01. The maximum absolute atomic E-state index is 13.4. The molecule has 0 saturated heterocycles. The van der Waals surface area contributed by atoms with Crippen LogP contribution in [0.4, 0.5) is 10.1 Å². The fourth-order valence-corrected chi connectivity index (χ4v) is 2.85. The van der Waals surface area contributed by atoms with Crippen molar-refractivity contribution in [3.8, 4) is 5.75 Å². The summed E-state index contributed by atoms with van der Waals surface area (Å²) in [6, 6.07) is 2.51. The number of carboxylic acids is 1. The van der Waals surface area contributed by atoms with Crippen molar-refractivity contribution >= 4 is 11.7 Å². The van der Waals surface area contributed by atoms with Crippen LogP contribution in [-0.4, -0.2) is 17.2 Å². The van der Waals surface area contributed by atoms with Crippen molar-refractivity contribution in [1.82, 2.24) is 0 Å². The van der Waals surface area contributed by atoms with E-state index in [1.54, 1.807) is 0 Å². The van der Waals surface area contributed by atoms with Crippen molar-refractivity contribution in [3.63, 3.8) is 0 Å². The number of carboxylic acid groups (broad SMARTS) is 1. The summed E-state index contributed by atoms with van der Waals surface area (Å²) in [4.78, 5) is 11.3. The number of aromatic carboxylic acids is 1. The van der Waals surface area contributed by atoms with Crippen molar-refractivity contribution in [3.05, 3.63) is 23.5 Å². The van der Waals surface area contributed by atoms with E-state index >= 15 is 0 Å². The second kappa shape index (κ2) is 6.11. The van der Waals surface area contributed by atoms with Gasteiger partial charge in [-0.2, -0.15) is 0 Å². The Balaban J connectivity index is 2.28. The fraction of sp³-hybridized carbons (Fsp3) is 0.533. The zero-order valence-corrected chi connectivity index (χ0v) is 11.6. The lowest BCUT2D eigenvalue weighted by Gasteiger charge is -2.31. The van der Waals surface area contributed by atoms with Crippen LogP contribution in [0.25, 0.3) is 0 Å². The molecule has 1 fully saturated rings. The number of benzene rings is 1. The van der Waals surface area contributed by atoms with Crippen molar-refractivity contribution in [1.29, 1.82) is 0 Å². The monoisotopic (exact) mass is 281 g/mol. The summed E-state index contributed by atoms with van der Waals surface area (Å²) >= 11 is 0. The molecule has 1 saturated carbocycles. The van der Waals surface area contributed by atoms with Gasteiger partial charge in [-0.05, 0) is 43.7 Å². The van der Waals surface area contributed by atoms with E-state index in [0.29, 0.717) is 5.92 Å². The van der Waals surface area contributed by atoms with E-state index in [1.807, 2.05) is 0 Å². The highest BCUT2D eigenvalue weighted by molar-refractivity contribution is 5.96. The zero-order chi connectivity index (χ0) is 14.7. The molecule has 0 spiro atoms. The molecule has 1 aliphatic carbocycles. The summed E-state index contributed by atoms with van der Waals surface area (Å²) in [5.41, 5.74) is 4.89. The third-order valence-corrected chi connectivity index (χ3v) is 4.01. The van der Waals surface area contributed by atoms with Gasteiger partial charge in [-0.3, -0.25) is 0 Å². The van der Waals surface area contributed by atoms with E-state index in [-0.39, 0.29) is 23.1 Å². The van der Waals surface area contributed by atoms with Crippen LogP contribution in [0, 0.1) is 11.7 Å². The minimum absolute atomic E-state index is 0.0169. The fourth-order valence-electron chi connectivity index (χ4n) is 2.85. The van der Waals surface area contributed by atoms with Gasteiger partial charge in [-0.1, -0.05) is 13.3 Å². The SMILES string of the molecule is CCC1CCCCC1Oc1ccc(F)c(N)c1C(=O)O. The number of hydrogen-bond acceptors (Lipinski definition) is 3. The average molecular weight is 281 g/mol. The number of nitrogens with two attached hydrogens (primary N) is 1. The molecule has 20 heavy (non-hydrogen) atoms. The molecule has 2 rings (SSSR count). The van der Waals surface area contributed by atoms with E-state index < -0.39 is 11.8 Å². The molecule has 0 amide bonds. The minimum atomic E-state index is -1.26. The van der Waals surface area contributed by atoms with E-state index in [9.17, 15) is 14.3 Å². The molecule has 1 aromatic carbocycles. The number of rotatable bonds is 4. The molecule has 2 atom stereocenters. The Kier molecular flexibility index (Phi) is 4.47. The first-order chi connectivity index (χ1) is 9.54. The van der Waals surface area contributed by atoms with Crippen LogP contribution in [-0.2, 0) is 0 Å². The van der Waals surface area contributed by atoms with Gasteiger partial charge in [0.1, 0.15) is 23.2 Å². The van der Waals surface area contributed by atoms with Gasteiger partial charge in [-0.25, -0.2) is 9.18 Å². The Morgan fingerprint density at radius 2 is 2.15 bits per heavy atom. The van der Waals surface area contributed by atoms with Gasteiger partial charge >= 0.3 is 5.97 Å². The van der Waals surface area contributed by atoms with E-state index in [4.69, 9.17) is 10.5 Å². The second-order valence-corrected chi connectivity index (χ2v) is 5.25. The molecular weight excluding hydrogens is 261 g/mol. The highest BCUT2D eigenvalue weighted by Crippen LogP contribution is 2.34. The predicted molar refractivity (Wildman–Crippen MR) is 74.4 cm³/mol. The smallest absolute Gasteiger partial charge is 0.341 e. The number of hydrogen-bond donors (Lipinski definition) is 2. The molecule has 110 valence electrons. The highest BCUT2D eigenvalue weighted by atomic mass is 19.1. The number of carbonyl (C=O) groups is 1. The number of halogens is 1. The van der Waals surface area contributed by atoms with Crippen LogP contribution in [0.15, 0.2) is 12.1 Å². The summed E-state index contributed by atoms with van der Waals surface area (Å²) in [5.74, 6) is -1.41. The highest BCUT2D eigenvalue weighted by Gasteiger charge is 2.28. The Morgan fingerprint density at radius 3 is 2.80 bits per heavy atom. The van der Waals surface area contributed by atoms with Gasteiger partial charge in [0, 0.05) is 0 Å². The lowest BCUT2D eigenvalue weighted by Crippen LogP contribution is -2.30. The summed E-state index contributed by atoms with van der Waals surface area (Å²) in [6.07, 6.45) is 5.20. The maximum Gasteiger partial charge on any atom is 0.341 e. The molecule has 2 unspecified atom stereocenters. The molecule has 0 aromatic heterocycles. The Bertz CT molecular complexity index is 504. The lowest BCUT2D eigenvalue weighted by atomic mass is 9.84. The Morgan fingerprint density at radius 1 is 1.45 bits per heavy atom. The molecule has 0 radical (unpaired) electrons. The van der Waals surface area contributed by atoms with Crippen LogP contribution in [0.5, 0.6) is 5.75 Å². The van der Waals surface area contributed by atoms with Gasteiger partial charge < -0.3 is 15.6 Å². The molecule has 0 aliphatic heterocycles. The van der Waals surface area contributed by atoms with Crippen LogP contribution in [0.3, 0.4) is 0 Å². The number of ether oxygens (including phenoxy) is 1. The quantitative estimate of drug-likeness (QED) is 0.829. The van der Waals surface area contributed by atoms with Crippen LogP contribution in [0.2, 0.25) is 0 Å². The predicted octanol–water partition coefficient (Wildman–Crippen LogP) is 3.45. The topological polar surface area (TPSA) is 72.5 Å². The molecule has 0 heterocycles. The summed E-state index contributed by atoms with van der Waals surface area (Å²) in [7, 11) is 0. The van der Waals surface area contributed by atoms with Crippen molar-refractivity contribution in [2.75, 3.05) is 5.73 Å². The van der Waals surface area contributed by atoms with E-state index in [1.165, 1.54) is 12.5 Å². The summed E-state index contributed by atoms with van der Waals surface area (Å²) in [5, 5.41) is 9.20. The van der Waals surface area contributed by atoms with E-state index in [0.717, 1.165) is 31.7 Å². The summed E-state index contributed by atoms with van der Waals surface area (Å²) in [6.45, 7) is 2.10.